The molecule has 6 aliphatic rings. The maximum absolute atomic E-state index is 9.13. The number of fused-ring (bicyclic) bond motifs is 4. The number of piperazine rings is 2. The largest absolute Gasteiger partial charge is 0.490 e. The topological polar surface area (TPSA) is 97.7 Å². The Balaban J connectivity index is 0.000000351. The van der Waals surface area contributed by atoms with Gasteiger partial charge >= 0.3 is 7.12 Å². The standard InChI is InChI=1S/C14H20BN3O3.C14H18IN3O.CH4.S60/c19-15(20)10-1-4-14(16-5-10)17-6-11-2-3-12(7-17)18(11)13-8-21-9-13;15-10-1-4-14(16-5-10)17-6-11-2-3-12(7-17)18(11)13-8-19-9-13;;1-3-5-7-9-11-13-15-17-19-21-23-25-27-29-31-33-35-37-39-41-43-45-47-49-51-53-55-57-59-60-58-56-54-52-50-48-46-44-42-40-38-36-34-32-30-28-26-24-22-20-18-16-14-12-10-8-6-4-2/h1,4-5,11-13,19-20H,2-3,6-9H2;1,4-5,11-13H,2-3,6-9H2;1H4;. The van der Waals surface area contributed by atoms with Crippen molar-refractivity contribution in [3.05, 3.63) is 40.2 Å². The molecular weight excluding hydrogens is 2560 g/mol. The first-order valence-electron chi connectivity index (χ1n) is 24.5. The van der Waals surface area contributed by atoms with Crippen molar-refractivity contribution in [2.45, 2.75) is 69.4 Å². The quantitative estimate of drug-likeness (QED) is 0.332. The number of halogens is 1. The molecule has 2 aromatic rings. The van der Waals surface area contributed by atoms with Crippen LogP contribution < -0.4 is 15.3 Å². The minimum absolute atomic E-state index is 0. The Bertz CT molecular complexity index is 5840. The van der Waals surface area contributed by atoms with E-state index in [0.717, 1.165) is 64.2 Å². The van der Waals surface area contributed by atoms with Crippen LogP contribution in [0.4, 0.5) is 11.6 Å². The fourth-order valence-corrected chi connectivity index (χ4v) is 162. The lowest BCUT2D eigenvalue weighted by Gasteiger charge is -2.48. The van der Waals surface area contributed by atoms with Gasteiger partial charge in [-0.2, -0.15) is 0 Å². The monoisotopic (exact) mass is 2590 g/mol. The minimum atomic E-state index is -1.45. The van der Waals surface area contributed by atoms with Crippen LogP contribution >= 0.6 is 22.6 Å². The van der Waals surface area contributed by atoms with E-state index in [2.05, 4.69) is 64.3 Å². The minimum Gasteiger partial charge on any atom is -0.423 e. The summed E-state index contributed by atoms with van der Waals surface area (Å²) in [4.78, 5) is 19.1. The zero-order chi connectivity index (χ0) is 70.2. The molecule has 0 saturated carbocycles. The van der Waals surface area contributed by atoms with Gasteiger partial charge in [0.05, 0.1) is 38.5 Å². The molecule has 0 aliphatic carbocycles. The summed E-state index contributed by atoms with van der Waals surface area (Å²) in [5, 5.41) is 18.3. The fourth-order valence-electron chi connectivity index (χ4n) is 8.16. The predicted molar refractivity (Wildman–Crippen MR) is 611 cm³/mol. The summed E-state index contributed by atoms with van der Waals surface area (Å²) in [5.74, 6) is 2.07. The number of ether oxygens (including phenoxy) is 2. The molecule has 0 radical (unpaired) electrons. The van der Waals surface area contributed by atoms with Crippen molar-refractivity contribution in [2.75, 3.05) is 62.4 Å². The average molecular weight is 2600 g/mol. The highest BCUT2D eigenvalue weighted by atomic mass is 127. The molecule has 0 amide bonds. The molecule has 8 heterocycles. The zero-order valence-corrected chi connectivity index (χ0v) is 98.4. The van der Waals surface area contributed by atoms with Crippen LogP contribution in [0.15, 0.2) is 36.7 Å². The smallest absolute Gasteiger partial charge is 0.423 e. The second-order valence-electron chi connectivity index (χ2n) is 16.0. The molecule has 4 atom stereocenters. The van der Waals surface area contributed by atoms with E-state index in [-0.39, 0.29) is 7.43 Å². The second kappa shape index (κ2) is 73.2. The summed E-state index contributed by atoms with van der Waals surface area (Å²) in [5.41, 5.74) is 0.437. The van der Waals surface area contributed by atoms with Crippen LogP contribution in [0.3, 0.4) is 0 Å². The molecule has 8 rings (SSSR count). The van der Waals surface area contributed by atoms with Gasteiger partial charge < -0.3 is 29.3 Å². The van der Waals surface area contributed by atoms with Crippen molar-refractivity contribution in [3.63, 3.8) is 0 Å². The lowest BCUT2D eigenvalue weighted by molar-refractivity contribution is -0.0850. The van der Waals surface area contributed by atoms with Gasteiger partial charge in [0, 0.05) is 609 Å². The number of hydrogen-bond donors (Lipinski definition) is 2. The molecule has 72 heteroatoms. The Kier molecular flexibility index (Phi) is 74.8. The second-order valence-corrected chi connectivity index (χ2v) is 120. The third-order valence-corrected chi connectivity index (χ3v) is 138. The Morgan fingerprint density at radius 2 is 0.525 bits per heavy atom. The summed E-state index contributed by atoms with van der Waals surface area (Å²) >= 11 is 11.9. The van der Waals surface area contributed by atoms with Gasteiger partial charge in [0.15, 0.2) is 0 Å². The Hall–Kier alpha value is 11.7. The molecule has 6 fully saturated rings. The van der Waals surface area contributed by atoms with E-state index in [4.69, 9.17) is 41.9 Å². The van der Waals surface area contributed by atoms with Gasteiger partial charge in [0.1, 0.15) is 11.6 Å². The van der Waals surface area contributed by atoms with Gasteiger partial charge in [0.25, 0.3) is 0 Å². The molecule has 0 aromatic carbocycles. The highest BCUT2D eigenvalue weighted by Crippen LogP contribution is 2.36. The molecule has 10 nitrogen and oxygen atoms in total. The van der Waals surface area contributed by atoms with E-state index >= 15 is 0 Å². The Morgan fingerprint density at radius 3 is 0.683 bits per heavy atom. The van der Waals surface area contributed by atoms with Crippen LogP contribution in [0.5, 0.6) is 0 Å². The molecular formula is C29H42BIN6O4S60. The van der Waals surface area contributed by atoms with E-state index in [1.807, 2.05) is 403 Å². The van der Waals surface area contributed by atoms with Crippen LogP contribution in [-0.2, 0) is 547 Å². The van der Waals surface area contributed by atoms with Crippen molar-refractivity contribution >= 4 is 584 Å². The van der Waals surface area contributed by atoms with Gasteiger partial charge in [-0.3, -0.25) is 9.80 Å². The van der Waals surface area contributed by atoms with Crippen LogP contribution in [0.2, 0.25) is 0 Å². The van der Waals surface area contributed by atoms with Gasteiger partial charge in [-0.05, 0) is 66.5 Å². The van der Waals surface area contributed by atoms with Crippen LogP contribution in [-0.4, -0.2) is 126 Å². The van der Waals surface area contributed by atoms with Crippen LogP contribution in [0.1, 0.15) is 33.1 Å². The third kappa shape index (κ3) is 50.7. The average Bonchev–Trinajstić information content (AvgIpc) is 1.67. The van der Waals surface area contributed by atoms with E-state index in [0.29, 0.717) is 41.7 Å². The number of hydrogen-bond acceptors (Lipinski definition) is 12. The van der Waals surface area contributed by atoms with Crippen molar-refractivity contribution in [1.29, 1.82) is 0 Å². The van der Waals surface area contributed by atoms with E-state index in [1.54, 1.807) is 119 Å². The first-order valence-corrected chi connectivity index (χ1v) is 104. The van der Waals surface area contributed by atoms with Crippen LogP contribution in [0.25, 0.3) is 0 Å². The van der Waals surface area contributed by atoms with Gasteiger partial charge in [0.2, 0.25) is 0 Å². The first-order chi connectivity index (χ1) is 49.4. The molecule has 2 N–H and O–H groups in total. The third-order valence-electron chi connectivity index (χ3n) is 11.2. The SMILES string of the molecule is C.Ic1ccc(N2CC3CCC(C2)N3C2COC2)nc1.OB(O)c1ccc(N2CC3CCC(C2)N3C2COC2)nc1.S=S=S=S=S=S=S=S=S=S=S=S=S=S=S=S=S=S=S=S=S=S=S=S=S=S=S=S=S=S=S=S=S=S=S=S=S=S=S=S=S=S=S=S=S=S=S=S=S=S=S=S=S=S=S=S=S=S=S=S. The zero-order valence-electron chi connectivity index (χ0n) is 47.3. The molecule has 6 saturated heterocycles. The Labute approximate surface area is 776 Å². The summed E-state index contributed by atoms with van der Waals surface area (Å²) in [6, 6.07) is 11.8. The summed E-state index contributed by atoms with van der Waals surface area (Å²) in [6.07, 6.45) is 8.69. The molecule has 6 aliphatic heterocycles. The maximum Gasteiger partial charge on any atom is 0.490 e. The predicted octanol–water partition coefficient (Wildman–Crippen LogP) is 1.04. The summed E-state index contributed by atoms with van der Waals surface area (Å²) in [7, 11) is 103. The number of aromatic nitrogens is 2. The molecule has 101 heavy (non-hydrogen) atoms. The highest BCUT2D eigenvalue weighted by Gasteiger charge is 2.46. The number of rotatable bonds is 5. The lowest BCUT2D eigenvalue weighted by atomic mass is 9.82. The molecule has 4 unspecified atom stereocenters. The fraction of sp³-hybridized carbons (Fsp3) is 0.655. The van der Waals surface area contributed by atoms with Crippen molar-refractivity contribution in [2.24, 2.45) is 0 Å². The molecule has 0 spiro atoms. The molecule has 4 bridgehead atoms. The Morgan fingerprint density at radius 1 is 0.317 bits per heavy atom. The highest BCUT2D eigenvalue weighted by molar-refractivity contribution is 14.1. The van der Waals surface area contributed by atoms with Gasteiger partial charge in [-0.15, -0.1) is 0 Å². The number of pyridine rings is 2. The van der Waals surface area contributed by atoms with Crippen LogP contribution in [0, 0.1) is 3.57 Å². The summed E-state index contributed by atoms with van der Waals surface area (Å²) < 4.78 is 11.9. The lowest BCUT2D eigenvalue weighted by Crippen LogP contribution is -2.62. The molecule has 2 aromatic heterocycles. The van der Waals surface area contributed by atoms with Gasteiger partial charge in [-0.1, -0.05) is 13.5 Å². The molecule has 582 valence electrons. The number of anilines is 2. The van der Waals surface area contributed by atoms with Crippen molar-refractivity contribution in [1.82, 2.24) is 19.8 Å². The number of nitrogens with zero attached hydrogens (tertiary/aromatic N) is 6. The first kappa shape index (κ1) is 103. The summed E-state index contributed by atoms with van der Waals surface area (Å²) in [6.45, 7) is 7.90. The normalized spacial score (nSPS) is 16.7. The van der Waals surface area contributed by atoms with E-state index < -0.39 is 7.12 Å². The van der Waals surface area contributed by atoms with E-state index in [9.17, 15) is 0 Å². The van der Waals surface area contributed by atoms with Crippen molar-refractivity contribution in [3.8, 4) is 0 Å². The van der Waals surface area contributed by atoms with E-state index in [1.165, 1.54) is 47.0 Å². The van der Waals surface area contributed by atoms with Crippen molar-refractivity contribution < 1.29 is 19.5 Å². The maximum atomic E-state index is 9.13. The van der Waals surface area contributed by atoms with Gasteiger partial charge in [-0.25, -0.2) is 9.97 Å².